The SMILES string of the molecule is COc1ccc(C2=NC3C=CC(NC(=O)COC(C)=O)=CC3C(=O)N2Cc2ccccc2)cc1COc1ccc(NC(C)=O)cc1. The summed E-state index contributed by atoms with van der Waals surface area (Å²) < 4.78 is 16.4. The normalized spacial score (nSPS) is 16.8. The molecule has 0 fully saturated rings. The van der Waals surface area contributed by atoms with Gasteiger partial charge in [-0.3, -0.25) is 29.1 Å². The molecule has 0 spiro atoms. The number of hydrogen-bond donors (Lipinski definition) is 2. The molecule has 0 bridgehead atoms. The van der Waals surface area contributed by atoms with Crippen LogP contribution in [-0.4, -0.2) is 54.2 Å². The lowest BCUT2D eigenvalue weighted by Gasteiger charge is -2.36. The third kappa shape index (κ3) is 7.86. The molecule has 2 atom stereocenters. The Morgan fingerprint density at radius 1 is 0.957 bits per heavy atom. The fraction of sp³-hybridized carbons (Fsp3) is 0.229. The summed E-state index contributed by atoms with van der Waals surface area (Å²) in [5.74, 6) is -0.330. The lowest BCUT2D eigenvalue weighted by molar-refractivity contribution is -0.146. The molecule has 2 N–H and O–H groups in total. The number of carbonyl (C=O) groups is 4. The van der Waals surface area contributed by atoms with Crippen LogP contribution in [0.2, 0.25) is 0 Å². The summed E-state index contributed by atoms with van der Waals surface area (Å²) in [7, 11) is 1.58. The first-order chi connectivity index (χ1) is 22.2. The zero-order valence-electron chi connectivity index (χ0n) is 25.7. The van der Waals surface area contributed by atoms with Crippen LogP contribution in [0.1, 0.15) is 30.5 Å². The van der Waals surface area contributed by atoms with Crippen LogP contribution >= 0.6 is 0 Å². The van der Waals surface area contributed by atoms with Crippen LogP contribution in [0.5, 0.6) is 11.5 Å². The molecule has 0 saturated carbocycles. The highest BCUT2D eigenvalue weighted by Gasteiger charge is 2.38. The molecule has 1 aliphatic carbocycles. The number of aliphatic imine (C=N–C) groups is 1. The minimum absolute atomic E-state index is 0.157. The zero-order chi connectivity index (χ0) is 32.6. The summed E-state index contributed by atoms with van der Waals surface area (Å²) in [6.45, 7) is 2.72. The van der Waals surface area contributed by atoms with Crippen molar-refractivity contribution in [2.24, 2.45) is 10.9 Å². The van der Waals surface area contributed by atoms with Crippen molar-refractivity contribution in [1.82, 2.24) is 10.2 Å². The molecule has 3 amide bonds. The molecule has 236 valence electrons. The Kier molecular flexibility index (Phi) is 9.91. The molecule has 11 nitrogen and oxygen atoms in total. The van der Waals surface area contributed by atoms with Crippen LogP contribution in [-0.2, 0) is 37.1 Å². The maximum Gasteiger partial charge on any atom is 0.303 e. The van der Waals surface area contributed by atoms with Crippen LogP contribution in [0.3, 0.4) is 0 Å². The van der Waals surface area contributed by atoms with Crippen LogP contribution in [0.15, 0.2) is 102 Å². The van der Waals surface area contributed by atoms with E-state index in [9.17, 15) is 19.2 Å². The van der Waals surface area contributed by atoms with Crippen molar-refractivity contribution in [3.63, 3.8) is 0 Å². The number of fused-ring (bicyclic) bond motifs is 1. The molecule has 1 aliphatic heterocycles. The maximum absolute atomic E-state index is 14.1. The van der Waals surface area contributed by atoms with Gasteiger partial charge in [0.1, 0.15) is 23.9 Å². The highest BCUT2D eigenvalue weighted by atomic mass is 16.5. The molecule has 3 aromatic rings. The smallest absolute Gasteiger partial charge is 0.303 e. The van der Waals surface area contributed by atoms with Crippen molar-refractivity contribution in [3.8, 4) is 11.5 Å². The van der Waals surface area contributed by atoms with E-state index in [-0.39, 0.29) is 25.0 Å². The van der Waals surface area contributed by atoms with Gasteiger partial charge < -0.3 is 24.8 Å². The van der Waals surface area contributed by atoms with Gasteiger partial charge in [0.25, 0.3) is 5.91 Å². The number of benzene rings is 3. The van der Waals surface area contributed by atoms with E-state index >= 15 is 0 Å². The summed E-state index contributed by atoms with van der Waals surface area (Å²) in [6, 6.07) is 21.8. The molecule has 3 aromatic carbocycles. The number of esters is 1. The van der Waals surface area contributed by atoms with Gasteiger partial charge >= 0.3 is 5.97 Å². The highest BCUT2D eigenvalue weighted by Crippen LogP contribution is 2.31. The quantitative estimate of drug-likeness (QED) is 0.307. The number of allylic oxidation sites excluding steroid dienone is 1. The lowest BCUT2D eigenvalue weighted by atomic mass is 9.90. The Balaban J connectivity index is 1.42. The number of methoxy groups -OCH3 is 1. The Hall–Kier alpha value is -5.71. The highest BCUT2D eigenvalue weighted by molar-refractivity contribution is 6.11. The van der Waals surface area contributed by atoms with E-state index in [2.05, 4.69) is 10.6 Å². The minimum Gasteiger partial charge on any atom is -0.496 e. The van der Waals surface area contributed by atoms with E-state index in [1.54, 1.807) is 54.5 Å². The minimum atomic E-state index is -0.650. The Bertz CT molecular complexity index is 1710. The van der Waals surface area contributed by atoms with Crippen molar-refractivity contribution in [2.75, 3.05) is 19.0 Å². The molecule has 46 heavy (non-hydrogen) atoms. The van der Waals surface area contributed by atoms with Gasteiger partial charge in [0.15, 0.2) is 6.61 Å². The number of anilines is 1. The van der Waals surface area contributed by atoms with E-state index in [1.165, 1.54) is 13.8 Å². The summed E-state index contributed by atoms with van der Waals surface area (Å²) in [6.07, 6.45) is 5.15. The molecule has 5 rings (SSSR count). The molecule has 2 aliphatic rings. The number of ether oxygens (including phenoxy) is 3. The number of amides is 3. The molecule has 2 unspecified atom stereocenters. The van der Waals surface area contributed by atoms with Crippen molar-refractivity contribution >= 4 is 35.2 Å². The van der Waals surface area contributed by atoms with Gasteiger partial charge in [-0.1, -0.05) is 36.4 Å². The number of nitrogens with one attached hydrogen (secondary N) is 2. The Labute approximate surface area is 266 Å². The number of rotatable bonds is 11. The largest absolute Gasteiger partial charge is 0.496 e. The van der Waals surface area contributed by atoms with Crippen molar-refractivity contribution < 1.29 is 33.4 Å². The number of nitrogens with zero attached hydrogens (tertiary/aromatic N) is 2. The molecule has 0 radical (unpaired) electrons. The fourth-order valence-corrected chi connectivity index (χ4v) is 5.13. The molecule has 0 aromatic heterocycles. The van der Waals surface area contributed by atoms with Gasteiger partial charge in [-0.25, -0.2) is 0 Å². The summed E-state index contributed by atoms with van der Waals surface area (Å²) >= 11 is 0. The van der Waals surface area contributed by atoms with Crippen LogP contribution in [0.4, 0.5) is 5.69 Å². The summed E-state index contributed by atoms with van der Waals surface area (Å²) in [4.78, 5) is 55.5. The monoisotopic (exact) mass is 622 g/mol. The molecule has 11 heteroatoms. The molecule has 0 saturated heterocycles. The van der Waals surface area contributed by atoms with E-state index in [0.29, 0.717) is 34.3 Å². The first-order valence-electron chi connectivity index (χ1n) is 14.6. The lowest BCUT2D eigenvalue weighted by Crippen LogP contribution is -2.49. The van der Waals surface area contributed by atoms with Gasteiger partial charge in [-0.05, 0) is 60.2 Å². The van der Waals surface area contributed by atoms with Gasteiger partial charge in [0, 0.05) is 36.4 Å². The Morgan fingerprint density at radius 3 is 2.41 bits per heavy atom. The molecular formula is C35H34N4O7. The maximum atomic E-state index is 14.1. The first-order valence-corrected chi connectivity index (χ1v) is 14.6. The number of amidine groups is 1. The second-order valence-electron chi connectivity index (χ2n) is 10.7. The number of carbonyl (C=O) groups excluding carboxylic acids is 4. The molecular weight excluding hydrogens is 588 g/mol. The van der Waals surface area contributed by atoms with Gasteiger partial charge in [0.2, 0.25) is 11.8 Å². The zero-order valence-corrected chi connectivity index (χ0v) is 25.7. The average Bonchev–Trinajstić information content (AvgIpc) is 3.05. The van der Waals surface area contributed by atoms with Crippen LogP contribution < -0.4 is 20.1 Å². The van der Waals surface area contributed by atoms with Crippen molar-refractivity contribution in [3.05, 3.63) is 113 Å². The predicted octanol–water partition coefficient (Wildman–Crippen LogP) is 4.14. The third-order valence-electron chi connectivity index (χ3n) is 7.26. The first kappa shape index (κ1) is 31.7. The second kappa shape index (κ2) is 14.4. The summed E-state index contributed by atoms with van der Waals surface area (Å²) in [5, 5.41) is 5.42. The van der Waals surface area contributed by atoms with Crippen molar-refractivity contribution in [2.45, 2.75) is 33.0 Å². The Morgan fingerprint density at radius 2 is 1.72 bits per heavy atom. The average molecular weight is 623 g/mol. The van der Waals surface area contributed by atoms with Crippen molar-refractivity contribution in [1.29, 1.82) is 0 Å². The second-order valence-corrected chi connectivity index (χ2v) is 10.7. The number of hydrogen-bond acceptors (Lipinski definition) is 8. The van der Waals surface area contributed by atoms with E-state index < -0.39 is 30.4 Å². The van der Waals surface area contributed by atoms with Crippen LogP contribution in [0.25, 0.3) is 0 Å². The third-order valence-corrected chi connectivity index (χ3v) is 7.26. The fourth-order valence-electron chi connectivity index (χ4n) is 5.13. The van der Waals surface area contributed by atoms with E-state index in [1.807, 2.05) is 48.5 Å². The van der Waals surface area contributed by atoms with E-state index in [4.69, 9.17) is 19.2 Å². The standard InChI is InChI=1S/C35H34N4O7/c1-22(40)36-27-10-13-29(14-11-27)46-20-26-17-25(9-16-32(26)44-3)34-38-31-15-12-28(37-33(42)21-45-23(2)41)18-30(31)35(43)39(34)19-24-7-5-4-6-8-24/h4-18,30-31H,19-21H2,1-3H3,(H,36,40)(H,37,42). The predicted molar refractivity (Wildman–Crippen MR) is 171 cm³/mol. The summed E-state index contributed by atoms with van der Waals surface area (Å²) in [5.41, 5.74) is 3.48. The molecule has 1 heterocycles. The van der Waals surface area contributed by atoms with Gasteiger partial charge in [-0.2, -0.15) is 0 Å². The van der Waals surface area contributed by atoms with Gasteiger partial charge in [0.05, 0.1) is 25.6 Å². The van der Waals surface area contributed by atoms with E-state index in [0.717, 1.165) is 11.1 Å². The van der Waals surface area contributed by atoms with Gasteiger partial charge in [-0.15, -0.1) is 0 Å². The topological polar surface area (TPSA) is 136 Å². The van der Waals surface area contributed by atoms with Crippen LogP contribution in [0, 0.1) is 5.92 Å².